The van der Waals surface area contributed by atoms with Gasteiger partial charge < -0.3 is 4.74 Å². The Morgan fingerprint density at radius 3 is 2.22 bits per heavy atom. The highest BCUT2D eigenvalue weighted by molar-refractivity contribution is 7.07. The Hall–Kier alpha value is -2.90. The van der Waals surface area contributed by atoms with E-state index in [2.05, 4.69) is 6.07 Å². The second-order valence-corrected chi connectivity index (χ2v) is 5.78. The average molecular weight is 319 g/mol. The lowest BCUT2D eigenvalue weighted by Crippen LogP contribution is -2.10. The topological polar surface area (TPSA) is 50.1 Å². The van der Waals surface area contributed by atoms with Gasteiger partial charge in [-0.3, -0.25) is 4.79 Å². The number of thiophene rings is 1. The summed E-state index contributed by atoms with van der Waals surface area (Å²) in [5.74, 6) is 0.261. The number of nitrogens with zero attached hydrogens (tertiary/aromatic N) is 1. The fourth-order valence-corrected chi connectivity index (χ4v) is 2.85. The van der Waals surface area contributed by atoms with Gasteiger partial charge in [0, 0.05) is 0 Å². The molecule has 0 amide bonds. The zero-order valence-corrected chi connectivity index (χ0v) is 13.0. The van der Waals surface area contributed by atoms with E-state index in [9.17, 15) is 4.79 Å². The van der Waals surface area contributed by atoms with Crippen LogP contribution in [0, 0.1) is 11.3 Å². The number of esters is 1. The molecule has 1 aromatic heterocycles. The lowest BCUT2D eigenvalue weighted by Gasteiger charge is -2.06. The van der Waals surface area contributed by atoms with E-state index >= 15 is 0 Å². The van der Waals surface area contributed by atoms with Crippen molar-refractivity contribution in [3.05, 3.63) is 76.5 Å². The Morgan fingerprint density at radius 1 is 1.00 bits per heavy atom. The van der Waals surface area contributed by atoms with Crippen LogP contribution < -0.4 is 4.74 Å². The normalized spacial score (nSPS) is 10.0. The number of ether oxygens (including phenoxy) is 1. The average Bonchev–Trinajstić information content (AvgIpc) is 3.08. The number of hydrogen-bond donors (Lipinski definition) is 0. The van der Waals surface area contributed by atoms with Gasteiger partial charge in [-0.2, -0.15) is 16.6 Å². The maximum Gasteiger partial charge on any atom is 0.315 e. The largest absolute Gasteiger partial charge is 0.426 e. The standard InChI is InChI=1S/C19H13NO2S/c20-12-14-1-3-16(4-2-14)17-5-7-18(8-6-17)22-19(21)11-15-9-10-23-13-15/h1-10,13H,11H2. The fourth-order valence-electron chi connectivity index (χ4n) is 2.18. The van der Waals surface area contributed by atoms with Crippen LogP contribution in [0.15, 0.2) is 65.4 Å². The van der Waals surface area contributed by atoms with Crippen LogP contribution >= 0.6 is 11.3 Å². The van der Waals surface area contributed by atoms with E-state index in [0.717, 1.165) is 16.7 Å². The highest BCUT2D eigenvalue weighted by Gasteiger charge is 2.07. The summed E-state index contributed by atoms with van der Waals surface area (Å²) in [6.45, 7) is 0. The molecule has 0 aliphatic carbocycles. The predicted molar refractivity (Wildman–Crippen MR) is 90.3 cm³/mol. The number of hydrogen-bond acceptors (Lipinski definition) is 4. The first-order chi connectivity index (χ1) is 11.2. The van der Waals surface area contributed by atoms with Crippen LogP contribution in [0.5, 0.6) is 5.75 Å². The van der Waals surface area contributed by atoms with Gasteiger partial charge in [-0.05, 0) is 57.8 Å². The summed E-state index contributed by atoms with van der Waals surface area (Å²) in [5.41, 5.74) is 3.62. The summed E-state index contributed by atoms with van der Waals surface area (Å²) in [6, 6.07) is 18.7. The lowest BCUT2D eigenvalue weighted by molar-refractivity contribution is -0.133. The molecule has 0 saturated heterocycles. The van der Waals surface area contributed by atoms with Gasteiger partial charge in [-0.25, -0.2) is 0 Å². The van der Waals surface area contributed by atoms with Crippen LogP contribution in [0.3, 0.4) is 0 Å². The Balaban J connectivity index is 1.66. The van der Waals surface area contributed by atoms with Crippen molar-refractivity contribution in [2.24, 2.45) is 0 Å². The Kier molecular flexibility index (Phi) is 4.51. The van der Waals surface area contributed by atoms with Crippen LogP contribution in [0.25, 0.3) is 11.1 Å². The molecule has 3 rings (SSSR count). The third-order valence-electron chi connectivity index (χ3n) is 3.36. The molecule has 3 nitrogen and oxygen atoms in total. The van der Waals surface area contributed by atoms with Crippen molar-refractivity contribution in [3.63, 3.8) is 0 Å². The monoisotopic (exact) mass is 319 g/mol. The Labute approximate surface area is 138 Å². The molecule has 0 aliphatic heterocycles. The van der Waals surface area contributed by atoms with E-state index in [-0.39, 0.29) is 12.4 Å². The zero-order chi connectivity index (χ0) is 16.1. The van der Waals surface area contributed by atoms with Gasteiger partial charge in [-0.1, -0.05) is 24.3 Å². The Bertz CT molecular complexity index is 829. The first-order valence-corrected chi connectivity index (χ1v) is 8.01. The molecule has 112 valence electrons. The van der Waals surface area contributed by atoms with Crippen molar-refractivity contribution in [1.82, 2.24) is 0 Å². The summed E-state index contributed by atoms with van der Waals surface area (Å²) in [5, 5.41) is 12.7. The molecular formula is C19H13NO2S. The zero-order valence-electron chi connectivity index (χ0n) is 12.2. The first kappa shape index (κ1) is 15.0. The first-order valence-electron chi connectivity index (χ1n) is 7.07. The van der Waals surface area contributed by atoms with Crippen molar-refractivity contribution in [3.8, 4) is 22.9 Å². The molecule has 0 unspecified atom stereocenters. The van der Waals surface area contributed by atoms with E-state index < -0.39 is 0 Å². The van der Waals surface area contributed by atoms with Gasteiger partial charge >= 0.3 is 5.97 Å². The van der Waals surface area contributed by atoms with Crippen LogP contribution in [0.4, 0.5) is 0 Å². The molecule has 4 heteroatoms. The quantitative estimate of drug-likeness (QED) is 0.528. The summed E-state index contributed by atoms with van der Waals surface area (Å²) in [6.07, 6.45) is 0.279. The summed E-state index contributed by atoms with van der Waals surface area (Å²) in [7, 11) is 0. The van der Waals surface area contributed by atoms with Crippen molar-refractivity contribution < 1.29 is 9.53 Å². The summed E-state index contributed by atoms with van der Waals surface area (Å²) in [4.78, 5) is 11.9. The van der Waals surface area contributed by atoms with Crippen LogP contribution in [0.1, 0.15) is 11.1 Å². The molecule has 0 N–H and O–H groups in total. The molecule has 0 bridgehead atoms. The highest BCUT2D eigenvalue weighted by Crippen LogP contribution is 2.23. The molecule has 0 radical (unpaired) electrons. The van der Waals surface area contributed by atoms with Crippen molar-refractivity contribution in [1.29, 1.82) is 5.26 Å². The van der Waals surface area contributed by atoms with Gasteiger partial charge in [0.2, 0.25) is 0 Å². The van der Waals surface area contributed by atoms with Crippen LogP contribution in [0.2, 0.25) is 0 Å². The van der Waals surface area contributed by atoms with Crippen molar-refractivity contribution in [2.75, 3.05) is 0 Å². The lowest BCUT2D eigenvalue weighted by atomic mass is 10.0. The number of rotatable bonds is 4. The van der Waals surface area contributed by atoms with Crippen molar-refractivity contribution in [2.45, 2.75) is 6.42 Å². The van der Waals surface area contributed by atoms with E-state index in [1.807, 2.05) is 41.1 Å². The van der Waals surface area contributed by atoms with E-state index in [1.54, 1.807) is 35.6 Å². The molecule has 0 aliphatic rings. The van der Waals surface area contributed by atoms with Gasteiger partial charge in [-0.15, -0.1) is 0 Å². The molecule has 0 atom stereocenters. The molecule has 3 aromatic rings. The van der Waals surface area contributed by atoms with E-state index in [4.69, 9.17) is 10.00 Å². The Morgan fingerprint density at radius 2 is 1.65 bits per heavy atom. The van der Waals surface area contributed by atoms with Crippen molar-refractivity contribution >= 4 is 17.3 Å². The second-order valence-electron chi connectivity index (χ2n) is 5.00. The van der Waals surface area contributed by atoms with E-state index in [0.29, 0.717) is 11.3 Å². The number of carbonyl (C=O) groups excluding carboxylic acids is 1. The van der Waals surface area contributed by atoms with Gasteiger partial charge in [0.05, 0.1) is 18.1 Å². The van der Waals surface area contributed by atoms with Crippen LogP contribution in [-0.2, 0) is 11.2 Å². The van der Waals surface area contributed by atoms with Gasteiger partial charge in [0.1, 0.15) is 5.75 Å². The van der Waals surface area contributed by atoms with Gasteiger partial charge in [0.15, 0.2) is 0 Å². The maximum atomic E-state index is 11.9. The third kappa shape index (κ3) is 3.85. The fraction of sp³-hybridized carbons (Fsp3) is 0.0526. The minimum atomic E-state index is -0.269. The number of nitriles is 1. The molecule has 0 spiro atoms. The summed E-state index contributed by atoms with van der Waals surface area (Å²) < 4.78 is 5.34. The maximum absolute atomic E-state index is 11.9. The summed E-state index contributed by atoms with van der Waals surface area (Å²) >= 11 is 1.56. The molecule has 0 saturated carbocycles. The molecule has 2 aromatic carbocycles. The predicted octanol–water partition coefficient (Wildman–Crippen LogP) is 4.43. The SMILES string of the molecule is N#Cc1ccc(-c2ccc(OC(=O)Cc3ccsc3)cc2)cc1. The number of benzene rings is 2. The van der Waals surface area contributed by atoms with Gasteiger partial charge in [0.25, 0.3) is 0 Å². The number of carbonyl (C=O) groups is 1. The van der Waals surface area contributed by atoms with E-state index in [1.165, 1.54) is 0 Å². The smallest absolute Gasteiger partial charge is 0.315 e. The molecule has 1 heterocycles. The molecule has 23 heavy (non-hydrogen) atoms. The van der Waals surface area contributed by atoms with Crippen LogP contribution in [-0.4, -0.2) is 5.97 Å². The highest BCUT2D eigenvalue weighted by atomic mass is 32.1. The second kappa shape index (κ2) is 6.91. The minimum absolute atomic E-state index is 0.269. The third-order valence-corrected chi connectivity index (χ3v) is 4.09. The molecular weight excluding hydrogens is 306 g/mol. The molecule has 0 fully saturated rings. The minimum Gasteiger partial charge on any atom is -0.426 e.